The van der Waals surface area contributed by atoms with Crippen LogP contribution in [-0.4, -0.2) is 15.9 Å². The largest absolute Gasteiger partial charge is 0.483 e. The summed E-state index contributed by atoms with van der Waals surface area (Å²) >= 11 is 3.70. The molecule has 0 bridgehead atoms. The quantitative estimate of drug-likeness (QED) is 0.446. The van der Waals surface area contributed by atoms with E-state index in [4.69, 9.17) is 4.74 Å². The lowest BCUT2D eigenvalue weighted by atomic mass is 9.62. The standard InChI is InChI=1S/C15H20BrNO3/c1-4-15(5-2)13(16)9-14(15)20-12-7-6-10(3)8-11(12)17(18)19/h6-8,13-14H,4-5,9H2,1-3H3. The first-order chi connectivity index (χ1) is 9.44. The highest BCUT2D eigenvalue weighted by molar-refractivity contribution is 9.09. The van der Waals surface area contributed by atoms with Crippen LogP contribution in [0.1, 0.15) is 38.7 Å². The Morgan fingerprint density at radius 2 is 2.10 bits per heavy atom. The molecule has 0 amide bonds. The van der Waals surface area contributed by atoms with Crippen molar-refractivity contribution in [2.75, 3.05) is 0 Å². The normalized spacial score (nSPS) is 24.0. The van der Waals surface area contributed by atoms with Crippen molar-refractivity contribution in [3.63, 3.8) is 0 Å². The summed E-state index contributed by atoms with van der Waals surface area (Å²) in [5.74, 6) is 0.385. The molecule has 1 aliphatic rings. The minimum absolute atomic E-state index is 0.0447. The van der Waals surface area contributed by atoms with Crippen LogP contribution >= 0.6 is 15.9 Å². The van der Waals surface area contributed by atoms with E-state index in [1.54, 1.807) is 12.1 Å². The first-order valence-corrected chi connectivity index (χ1v) is 7.92. The Morgan fingerprint density at radius 1 is 1.45 bits per heavy atom. The predicted octanol–water partition coefficient (Wildman–Crippen LogP) is 4.62. The number of nitro benzene ring substituents is 1. The van der Waals surface area contributed by atoms with Gasteiger partial charge in [0, 0.05) is 16.3 Å². The predicted molar refractivity (Wildman–Crippen MR) is 82.6 cm³/mol. The van der Waals surface area contributed by atoms with E-state index < -0.39 is 0 Å². The number of ether oxygens (including phenoxy) is 1. The fourth-order valence-electron chi connectivity index (χ4n) is 3.04. The van der Waals surface area contributed by atoms with Crippen LogP contribution in [-0.2, 0) is 0 Å². The van der Waals surface area contributed by atoms with Gasteiger partial charge in [0.15, 0.2) is 5.75 Å². The van der Waals surface area contributed by atoms with E-state index >= 15 is 0 Å². The highest BCUT2D eigenvalue weighted by Gasteiger charge is 2.53. The van der Waals surface area contributed by atoms with E-state index in [1.165, 1.54) is 0 Å². The smallest absolute Gasteiger partial charge is 0.311 e. The molecule has 0 aliphatic heterocycles. The zero-order valence-electron chi connectivity index (χ0n) is 12.1. The molecule has 1 saturated carbocycles. The number of alkyl halides is 1. The summed E-state index contributed by atoms with van der Waals surface area (Å²) in [4.78, 5) is 11.2. The summed E-state index contributed by atoms with van der Waals surface area (Å²) in [6.07, 6.45) is 2.95. The van der Waals surface area contributed by atoms with E-state index in [2.05, 4.69) is 29.8 Å². The van der Waals surface area contributed by atoms with Crippen molar-refractivity contribution < 1.29 is 9.66 Å². The van der Waals surface area contributed by atoms with Crippen LogP contribution in [0.25, 0.3) is 0 Å². The lowest BCUT2D eigenvalue weighted by Gasteiger charge is -2.52. The van der Waals surface area contributed by atoms with Gasteiger partial charge in [-0.25, -0.2) is 0 Å². The second-order valence-electron chi connectivity index (χ2n) is 5.48. The van der Waals surface area contributed by atoms with E-state index in [0.717, 1.165) is 24.8 Å². The third-order valence-corrected chi connectivity index (χ3v) is 5.87. The molecule has 2 rings (SSSR count). The number of rotatable bonds is 5. The SMILES string of the molecule is CCC1(CC)C(Br)CC1Oc1ccc(C)cc1[N+](=O)[O-]. The monoisotopic (exact) mass is 341 g/mol. The van der Waals surface area contributed by atoms with Crippen molar-refractivity contribution in [3.05, 3.63) is 33.9 Å². The number of benzene rings is 1. The van der Waals surface area contributed by atoms with Gasteiger partial charge in [0.1, 0.15) is 6.10 Å². The van der Waals surface area contributed by atoms with Crippen molar-refractivity contribution in [1.82, 2.24) is 0 Å². The minimum atomic E-state index is -0.369. The van der Waals surface area contributed by atoms with E-state index in [1.807, 2.05) is 13.0 Å². The molecule has 2 unspecified atom stereocenters. The summed E-state index contributed by atoms with van der Waals surface area (Å²) in [6, 6.07) is 5.14. The molecule has 0 heterocycles. The van der Waals surface area contributed by atoms with Crippen LogP contribution in [0.5, 0.6) is 5.75 Å². The van der Waals surface area contributed by atoms with Crippen molar-refractivity contribution in [3.8, 4) is 5.75 Å². The van der Waals surface area contributed by atoms with Crippen LogP contribution in [0.4, 0.5) is 5.69 Å². The van der Waals surface area contributed by atoms with Crippen molar-refractivity contribution in [1.29, 1.82) is 0 Å². The van der Waals surface area contributed by atoms with Gasteiger partial charge in [-0.1, -0.05) is 35.8 Å². The third-order valence-electron chi connectivity index (χ3n) is 4.58. The van der Waals surface area contributed by atoms with Gasteiger partial charge >= 0.3 is 5.69 Å². The molecular weight excluding hydrogens is 322 g/mol. The number of hydrogen-bond donors (Lipinski definition) is 0. The lowest BCUT2D eigenvalue weighted by molar-refractivity contribution is -0.386. The third kappa shape index (κ3) is 2.43. The Morgan fingerprint density at radius 3 is 2.60 bits per heavy atom. The van der Waals surface area contributed by atoms with Crippen LogP contribution in [0.15, 0.2) is 18.2 Å². The van der Waals surface area contributed by atoms with Crippen molar-refractivity contribution in [2.24, 2.45) is 5.41 Å². The van der Waals surface area contributed by atoms with Gasteiger partial charge < -0.3 is 4.74 Å². The maximum Gasteiger partial charge on any atom is 0.311 e. The van der Waals surface area contributed by atoms with Gasteiger partial charge in [-0.05, 0) is 37.8 Å². The molecule has 110 valence electrons. The lowest BCUT2D eigenvalue weighted by Crippen LogP contribution is -2.56. The summed E-state index contributed by atoms with van der Waals surface area (Å²) < 4.78 is 5.99. The van der Waals surface area contributed by atoms with Gasteiger partial charge in [-0.3, -0.25) is 10.1 Å². The number of hydrogen-bond acceptors (Lipinski definition) is 3. The Kier molecular flexibility index (Phi) is 4.37. The van der Waals surface area contributed by atoms with E-state index in [9.17, 15) is 10.1 Å². The average molecular weight is 342 g/mol. The number of nitro groups is 1. The molecule has 4 nitrogen and oxygen atoms in total. The summed E-state index contributed by atoms with van der Waals surface area (Å²) in [5, 5.41) is 11.1. The first kappa shape index (κ1) is 15.3. The van der Waals surface area contributed by atoms with Gasteiger partial charge in [-0.2, -0.15) is 0 Å². The van der Waals surface area contributed by atoms with Crippen molar-refractivity contribution >= 4 is 21.6 Å². The fourth-order valence-corrected chi connectivity index (χ4v) is 4.32. The molecule has 5 heteroatoms. The molecule has 0 spiro atoms. The maximum absolute atomic E-state index is 11.1. The van der Waals surface area contributed by atoms with Gasteiger partial charge in [-0.15, -0.1) is 0 Å². The fraction of sp³-hybridized carbons (Fsp3) is 0.600. The topological polar surface area (TPSA) is 52.4 Å². The summed E-state index contributed by atoms with van der Waals surface area (Å²) in [7, 11) is 0. The van der Waals surface area contributed by atoms with Gasteiger partial charge in [0.05, 0.1) is 4.92 Å². The summed E-state index contributed by atoms with van der Waals surface area (Å²) in [5.41, 5.74) is 1.01. The second-order valence-corrected chi connectivity index (χ2v) is 6.58. The second kappa shape index (κ2) is 5.72. The minimum Gasteiger partial charge on any atom is -0.483 e. The highest BCUT2D eigenvalue weighted by atomic mass is 79.9. The van der Waals surface area contributed by atoms with Crippen LogP contribution < -0.4 is 4.74 Å². The maximum atomic E-state index is 11.1. The van der Waals surface area contributed by atoms with Crippen LogP contribution in [0.2, 0.25) is 0 Å². The molecule has 2 atom stereocenters. The van der Waals surface area contributed by atoms with Crippen LogP contribution in [0, 0.1) is 22.5 Å². The Hall–Kier alpha value is -1.10. The highest BCUT2D eigenvalue weighted by Crippen LogP contribution is 2.53. The number of halogens is 1. The molecule has 1 aromatic carbocycles. The molecule has 1 aromatic rings. The molecule has 20 heavy (non-hydrogen) atoms. The molecule has 1 aliphatic carbocycles. The molecular formula is C15H20BrNO3. The zero-order valence-corrected chi connectivity index (χ0v) is 13.6. The molecule has 0 aromatic heterocycles. The zero-order chi connectivity index (χ0) is 14.9. The average Bonchev–Trinajstić information content (AvgIpc) is 2.41. The van der Waals surface area contributed by atoms with E-state index in [0.29, 0.717) is 10.6 Å². The Balaban J connectivity index is 2.25. The molecule has 0 N–H and O–H groups in total. The number of nitrogens with zero attached hydrogens (tertiary/aromatic N) is 1. The Labute approximate surface area is 127 Å². The summed E-state index contributed by atoms with van der Waals surface area (Å²) in [6.45, 7) is 6.14. The van der Waals surface area contributed by atoms with Crippen LogP contribution in [0.3, 0.4) is 0 Å². The molecule has 0 saturated heterocycles. The first-order valence-electron chi connectivity index (χ1n) is 7.00. The van der Waals surface area contributed by atoms with Gasteiger partial charge in [0.25, 0.3) is 0 Å². The molecule has 0 radical (unpaired) electrons. The molecule has 1 fully saturated rings. The van der Waals surface area contributed by atoms with Crippen molar-refractivity contribution in [2.45, 2.75) is 51.0 Å². The van der Waals surface area contributed by atoms with E-state index in [-0.39, 0.29) is 22.1 Å². The number of aryl methyl sites for hydroxylation is 1. The Bertz CT molecular complexity index is 514. The van der Waals surface area contributed by atoms with Gasteiger partial charge in [0.2, 0.25) is 0 Å².